The number of rotatable bonds is 2. The molecule has 0 aliphatic carbocycles. The zero-order chi connectivity index (χ0) is 8.36. The molecule has 0 aromatic carbocycles. The lowest BCUT2D eigenvalue weighted by atomic mass is 10.3. The molecule has 1 nitrogen and oxygen atoms in total. The highest BCUT2D eigenvalue weighted by molar-refractivity contribution is 9.10. The van der Waals surface area contributed by atoms with Crippen molar-refractivity contribution in [2.24, 2.45) is 4.99 Å². The number of aliphatic imine (C=N–C) groups is 1. The summed E-state index contributed by atoms with van der Waals surface area (Å²) in [5.41, 5.74) is 0.921. The minimum Gasteiger partial charge on any atom is -0.289 e. The van der Waals surface area contributed by atoms with Crippen molar-refractivity contribution in [2.75, 3.05) is 0 Å². The Morgan fingerprint density at radius 3 is 2.10 bits per heavy atom. The predicted molar refractivity (Wildman–Crippen MR) is 51.4 cm³/mol. The lowest BCUT2D eigenvalue weighted by molar-refractivity contribution is 0.828. The van der Waals surface area contributed by atoms with Crippen LogP contribution in [0.25, 0.3) is 0 Å². The summed E-state index contributed by atoms with van der Waals surface area (Å²) in [4.78, 5) is 4.29. The minimum absolute atomic E-state index is 0.315. The summed E-state index contributed by atoms with van der Waals surface area (Å²) in [6.07, 6.45) is 0. The minimum atomic E-state index is -0.475. The third-order valence-electron chi connectivity index (χ3n) is 1.09. The van der Waals surface area contributed by atoms with Crippen molar-refractivity contribution in [3.05, 3.63) is 0 Å². The first-order valence-electron chi connectivity index (χ1n) is 3.26. The van der Waals surface area contributed by atoms with Gasteiger partial charge < -0.3 is 0 Å². The third kappa shape index (κ3) is 4.29. The number of hydrogen-bond donors (Lipinski definition) is 0. The molecule has 1 atom stereocenters. The number of nitrogens with zero attached hydrogens (tertiary/aromatic N) is 1. The van der Waals surface area contributed by atoms with Gasteiger partial charge >= 0.3 is 0 Å². The van der Waals surface area contributed by atoms with Gasteiger partial charge in [-0.05, 0) is 27.7 Å². The molecule has 0 heterocycles. The molecule has 0 spiro atoms. The van der Waals surface area contributed by atoms with Crippen LogP contribution in [0.1, 0.15) is 27.7 Å². The van der Waals surface area contributed by atoms with Crippen molar-refractivity contribution in [1.82, 2.24) is 0 Å². The van der Waals surface area contributed by atoms with Gasteiger partial charge in [-0.2, -0.15) is 0 Å². The Hall–Kier alpha value is 0.440. The van der Waals surface area contributed by atoms with Crippen LogP contribution in [-0.2, 0) is 0 Å². The maximum absolute atomic E-state index is 5.91. The van der Waals surface area contributed by atoms with E-state index >= 15 is 0 Å². The van der Waals surface area contributed by atoms with Gasteiger partial charge in [0.2, 0.25) is 0 Å². The van der Waals surface area contributed by atoms with E-state index in [2.05, 4.69) is 20.9 Å². The zero-order valence-corrected chi connectivity index (χ0v) is 9.12. The topological polar surface area (TPSA) is 12.4 Å². The zero-order valence-electron chi connectivity index (χ0n) is 6.78. The van der Waals surface area contributed by atoms with E-state index < -0.39 is 3.78 Å². The van der Waals surface area contributed by atoms with E-state index in [1.54, 1.807) is 0 Å². The van der Waals surface area contributed by atoms with Gasteiger partial charge in [-0.15, -0.1) is 11.6 Å². The molecular formula is C7H13BrClN. The molecule has 0 fully saturated rings. The van der Waals surface area contributed by atoms with E-state index in [1.165, 1.54) is 0 Å². The van der Waals surface area contributed by atoms with Crippen molar-refractivity contribution in [2.45, 2.75) is 37.5 Å². The lowest BCUT2D eigenvalue weighted by Crippen LogP contribution is -2.19. The van der Waals surface area contributed by atoms with Gasteiger partial charge in [-0.3, -0.25) is 4.99 Å². The molecule has 0 N–H and O–H groups in total. The average molecular weight is 227 g/mol. The van der Waals surface area contributed by atoms with E-state index in [0.717, 1.165) is 5.71 Å². The second kappa shape index (κ2) is 3.72. The van der Waals surface area contributed by atoms with E-state index in [4.69, 9.17) is 11.6 Å². The van der Waals surface area contributed by atoms with Gasteiger partial charge in [-0.1, -0.05) is 15.9 Å². The van der Waals surface area contributed by atoms with Crippen LogP contribution in [0.5, 0.6) is 0 Å². The Labute approximate surface area is 76.0 Å². The van der Waals surface area contributed by atoms with Gasteiger partial charge in [0.25, 0.3) is 0 Å². The molecule has 0 radical (unpaired) electrons. The Bertz CT molecular complexity index is 135. The van der Waals surface area contributed by atoms with Crippen LogP contribution < -0.4 is 0 Å². The normalized spacial score (nSPS) is 19.3. The fourth-order valence-corrected chi connectivity index (χ4v) is 0.652. The number of hydrogen-bond acceptors (Lipinski definition) is 1. The van der Waals surface area contributed by atoms with Crippen LogP contribution in [0.15, 0.2) is 4.99 Å². The largest absolute Gasteiger partial charge is 0.289 e. The van der Waals surface area contributed by atoms with Crippen molar-refractivity contribution >= 4 is 33.2 Å². The molecule has 10 heavy (non-hydrogen) atoms. The Kier molecular flexibility index (Phi) is 3.89. The average Bonchev–Trinajstić information content (AvgIpc) is 1.60. The van der Waals surface area contributed by atoms with Crippen molar-refractivity contribution in [3.8, 4) is 0 Å². The maximum atomic E-state index is 5.91. The summed E-state index contributed by atoms with van der Waals surface area (Å²) in [5, 5.41) is 0. The Balaban J connectivity index is 4.20. The first-order chi connectivity index (χ1) is 4.34. The molecular weight excluding hydrogens is 213 g/mol. The quantitative estimate of drug-likeness (QED) is 0.506. The standard InChI is InChI=1S/C7H13BrClN/c1-5(2)10-6(3)7(4,8)9/h5H,1-4H3. The third-order valence-corrected chi connectivity index (χ3v) is 1.93. The highest BCUT2D eigenvalue weighted by Crippen LogP contribution is 2.24. The Morgan fingerprint density at radius 2 is 2.00 bits per heavy atom. The molecule has 0 aliphatic heterocycles. The summed E-state index contributed by atoms with van der Waals surface area (Å²) in [6.45, 7) is 7.84. The van der Waals surface area contributed by atoms with E-state index in [1.807, 2.05) is 27.7 Å². The smallest absolute Gasteiger partial charge is 0.133 e. The lowest BCUT2D eigenvalue weighted by Gasteiger charge is -2.13. The molecule has 0 saturated heterocycles. The van der Waals surface area contributed by atoms with Crippen molar-refractivity contribution < 1.29 is 0 Å². The van der Waals surface area contributed by atoms with E-state index in [-0.39, 0.29) is 0 Å². The van der Waals surface area contributed by atoms with Crippen molar-refractivity contribution in [3.63, 3.8) is 0 Å². The van der Waals surface area contributed by atoms with Crippen LogP contribution >= 0.6 is 27.5 Å². The number of alkyl halides is 2. The van der Waals surface area contributed by atoms with Crippen LogP contribution in [0.4, 0.5) is 0 Å². The molecule has 0 aromatic rings. The first kappa shape index (κ1) is 10.4. The predicted octanol–water partition coefficient (Wildman–Crippen LogP) is 3.21. The van der Waals surface area contributed by atoms with Crippen LogP contribution in [-0.4, -0.2) is 15.5 Å². The summed E-state index contributed by atoms with van der Waals surface area (Å²) < 4.78 is -0.475. The molecule has 0 amide bonds. The molecule has 0 rings (SSSR count). The first-order valence-corrected chi connectivity index (χ1v) is 4.44. The fraction of sp³-hybridized carbons (Fsp3) is 0.857. The molecule has 3 heteroatoms. The van der Waals surface area contributed by atoms with Gasteiger partial charge in [0.1, 0.15) is 3.78 Å². The van der Waals surface area contributed by atoms with Crippen molar-refractivity contribution in [1.29, 1.82) is 0 Å². The number of halogens is 2. The Morgan fingerprint density at radius 1 is 1.60 bits per heavy atom. The monoisotopic (exact) mass is 225 g/mol. The highest BCUT2D eigenvalue weighted by atomic mass is 79.9. The SMILES string of the molecule is CC(=NC(C)C)C(C)(Cl)Br. The summed E-state index contributed by atoms with van der Waals surface area (Å²) in [7, 11) is 0. The molecule has 0 aromatic heterocycles. The van der Waals surface area contributed by atoms with Gasteiger partial charge in [0, 0.05) is 11.8 Å². The van der Waals surface area contributed by atoms with Crippen LogP contribution in [0.2, 0.25) is 0 Å². The second-order valence-corrected chi connectivity index (χ2v) is 5.50. The van der Waals surface area contributed by atoms with Crippen LogP contribution in [0, 0.1) is 0 Å². The maximum Gasteiger partial charge on any atom is 0.133 e. The molecule has 0 bridgehead atoms. The molecule has 0 saturated carbocycles. The van der Waals surface area contributed by atoms with E-state index in [9.17, 15) is 0 Å². The summed E-state index contributed by atoms with van der Waals surface area (Å²) in [5.74, 6) is 0. The van der Waals surface area contributed by atoms with Gasteiger partial charge in [0.15, 0.2) is 0 Å². The summed E-state index contributed by atoms with van der Waals surface area (Å²) in [6, 6.07) is 0.315. The fourth-order valence-electron chi connectivity index (χ4n) is 0.501. The molecule has 0 aliphatic rings. The molecule has 1 unspecified atom stereocenters. The van der Waals surface area contributed by atoms with Gasteiger partial charge in [-0.25, -0.2) is 0 Å². The van der Waals surface area contributed by atoms with E-state index in [0.29, 0.717) is 6.04 Å². The summed E-state index contributed by atoms with van der Waals surface area (Å²) >= 11 is 9.22. The molecule has 60 valence electrons. The van der Waals surface area contributed by atoms with Gasteiger partial charge in [0.05, 0.1) is 0 Å². The van der Waals surface area contributed by atoms with Crippen LogP contribution in [0.3, 0.4) is 0 Å². The highest BCUT2D eigenvalue weighted by Gasteiger charge is 2.19. The second-order valence-electron chi connectivity index (χ2n) is 2.70.